The summed E-state index contributed by atoms with van der Waals surface area (Å²) >= 11 is 0. The van der Waals surface area contributed by atoms with Gasteiger partial charge in [-0.3, -0.25) is 30.9 Å². The van der Waals surface area contributed by atoms with E-state index in [0.717, 1.165) is 120 Å². The summed E-state index contributed by atoms with van der Waals surface area (Å²) in [6.07, 6.45) is 26.1. The number of likely N-dealkylation sites (tertiary alicyclic amines) is 3. The molecule has 0 unspecified atom stereocenters. The number of aromatic amines is 2. The second-order valence-corrected chi connectivity index (χ2v) is 25.7. The number of nitrogens with one attached hydrogen (secondary N) is 5. The Labute approximate surface area is 591 Å². The van der Waals surface area contributed by atoms with Crippen molar-refractivity contribution in [1.29, 1.82) is 16.2 Å². The number of H-pyrrole nitrogens is 2. The van der Waals surface area contributed by atoms with Crippen LogP contribution in [0.1, 0.15) is 103 Å². The van der Waals surface area contributed by atoms with Crippen LogP contribution in [0.4, 0.5) is 17.1 Å². The van der Waals surface area contributed by atoms with E-state index in [2.05, 4.69) is 40.0 Å². The van der Waals surface area contributed by atoms with Gasteiger partial charge in [-0.2, -0.15) is 0 Å². The lowest BCUT2D eigenvalue weighted by atomic mass is 9.95. The maximum Gasteiger partial charge on any atom is 0.260 e. The fraction of sp³-hybridized carbons (Fsp3) is 0.400. The minimum absolute atomic E-state index is 0.111. The standard InChI is InChI=1S/C26H32N6O3.C25H30N6O3.C24H28N6O3/c1-17-18(2)28-25-21(34-14-12-31-9-5-3-6-10-31)16-19(23(27)22(17)25)29-24-20-8-4-7-11-32(20)30-26(24)35-15-13-33;1-29-12-8-18-22(26)19(17-21(24(18)29)33-15-13-30-9-4-2-5-10-30)27-23-20-7-3-6-11-31(20)28-25(23)34-16-14-32;25-21-17-7-8-26-22(17)20(32-14-12-29-9-3-1-4-10-29)16-18(21)27-23-19-6-2-5-11-30(19)28-24(23)33-15-13-31/h4,7-8,11,16,27-28,33H,3,5-6,9-10,12-15H2,1-2H3;3,6-8,11-12,17,26,32H,2,4-5,9-10,13-16H2,1H3;2,5-8,11,16,25-26,31H,1,3-4,9-10,12-15H2. The van der Waals surface area contributed by atoms with Crippen molar-refractivity contribution in [2.45, 2.75) is 71.6 Å². The number of hydrogen-bond donors (Lipinski definition) is 8. The molecule has 102 heavy (non-hydrogen) atoms. The summed E-state index contributed by atoms with van der Waals surface area (Å²) in [6, 6.07) is 20.8. The van der Waals surface area contributed by atoms with Crippen LogP contribution in [0.15, 0.2) is 131 Å². The molecule has 9 aromatic heterocycles. The number of rotatable bonds is 24. The highest BCUT2D eigenvalue weighted by molar-refractivity contribution is 6.55. The summed E-state index contributed by atoms with van der Waals surface area (Å²) in [4.78, 5) is 28.4. The maximum absolute atomic E-state index is 9.25. The first-order valence-corrected chi connectivity index (χ1v) is 35.4. The fourth-order valence-corrected chi connectivity index (χ4v) is 13.5. The number of piperidine rings is 3. The van der Waals surface area contributed by atoms with Gasteiger partial charge in [-0.25, -0.2) is 28.5 Å². The number of aliphatic hydroxyl groups is 3. The number of nitrogens with zero attached hydrogens (tertiary/aromatic N) is 13. The van der Waals surface area contributed by atoms with Crippen LogP contribution in [0.2, 0.25) is 0 Å². The minimum Gasteiger partial charge on any atom is -0.490 e. The smallest absolute Gasteiger partial charge is 0.260 e. The SMILES string of the molecule is Cc1[nH]c2c(c1C)C(=N)C(=Nc1c(OCCO)nn3ccccc13)C=C2OCCN1CCCCC1.Cn1ccc2c1C(OCCN1CCCCC1)=CC(=Nc1c(OCCO)nn3ccccc13)C2=N.N=C1C(=Nc2c(OCCO)nn3ccccc23)C=C(OCCN2CCCCC2)c2[nH]ccc21. The lowest BCUT2D eigenvalue weighted by Gasteiger charge is -2.27. The number of aliphatic imine (C=N–C) groups is 3. The predicted octanol–water partition coefficient (Wildman–Crippen LogP) is 9.72. The molecule has 3 aliphatic carbocycles. The van der Waals surface area contributed by atoms with Gasteiger partial charge in [0.05, 0.1) is 87.7 Å². The third-order valence-electron chi connectivity index (χ3n) is 18.9. The van der Waals surface area contributed by atoms with Crippen molar-refractivity contribution in [3.8, 4) is 17.6 Å². The van der Waals surface area contributed by atoms with E-state index in [1.807, 2.05) is 135 Å². The molecule has 6 aliphatic rings. The van der Waals surface area contributed by atoms with Crippen LogP contribution in [-0.2, 0) is 21.3 Å². The van der Waals surface area contributed by atoms with Crippen LogP contribution in [0, 0.1) is 30.1 Å². The first kappa shape index (κ1) is 70.2. The topological polar surface area (TPSA) is 323 Å². The molecule has 0 spiro atoms. The van der Waals surface area contributed by atoms with Crippen molar-refractivity contribution >= 4 is 85.2 Å². The van der Waals surface area contributed by atoms with Gasteiger partial charge in [0.1, 0.15) is 56.9 Å². The Bertz CT molecular complexity index is 4670. The highest BCUT2D eigenvalue weighted by Crippen LogP contribution is 2.39. The molecular weight excluding hydrogens is 1300 g/mol. The quantitative estimate of drug-likeness (QED) is 0.0279. The summed E-state index contributed by atoms with van der Waals surface area (Å²) in [6.45, 7) is 15.1. The fourth-order valence-electron chi connectivity index (χ4n) is 13.5. The molecule has 534 valence electrons. The number of aliphatic hydroxyl groups excluding tert-OH is 3. The Morgan fingerprint density at radius 2 is 0.853 bits per heavy atom. The summed E-state index contributed by atoms with van der Waals surface area (Å²) in [7, 11) is 1.96. The van der Waals surface area contributed by atoms with E-state index in [1.165, 1.54) is 57.8 Å². The van der Waals surface area contributed by atoms with Gasteiger partial charge in [-0.05, 0) is 146 Å². The average molecular weight is 1390 g/mol. The molecule has 3 saturated heterocycles. The Morgan fingerprint density at radius 3 is 1.29 bits per heavy atom. The number of fused-ring (bicyclic) bond motifs is 6. The Morgan fingerprint density at radius 1 is 0.451 bits per heavy atom. The molecule has 0 aromatic carbocycles. The second-order valence-electron chi connectivity index (χ2n) is 25.7. The van der Waals surface area contributed by atoms with Crippen molar-refractivity contribution in [3.05, 3.63) is 161 Å². The first-order valence-electron chi connectivity index (χ1n) is 35.4. The predicted molar refractivity (Wildman–Crippen MR) is 394 cm³/mol. The molecule has 27 heteroatoms. The van der Waals surface area contributed by atoms with Crippen LogP contribution >= 0.6 is 0 Å². The Hall–Kier alpha value is -10.3. The third kappa shape index (κ3) is 15.8. The van der Waals surface area contributed by atoms with Crippen LogP contribution in [0.3, 0.4) is 0 Å². The summed E-state index contributed by atoms with van der Waals surface area (Å²) in [5, 5.41) is 67.5. The molecule has 8 N–H and O–H groups in total. The van der Waals surface area contributed by atoms with Gasteiger partial charge in [-0.1, -0.05) is 37.5 Å². The minimum atomic E-state index is -0.125. The summed E-state index contributed by atoms with van der Waals surface area (Å²) in [5.41, 5.74) is 13.1. The monoisotopic (exact) mass is 1390 g/mol. The zero-order valence-electron chi connectivity index (χ0n) is 58.2. The van der Waals surface area contributed by atoms with Crippen LogP contribution in [0.25, 0.3) is 33.8 Å². The van der Waals surface area contributed by atoms with Crippen LogP contribution < -0.4 is 14.2 Å². The van der Waals surface area contributed by atoms with Gasteiger partial charge < -0.3 is 58.3 Å². The molecule has 0 amide bonds. The Kier molecular flexibility index (Phi) is 22.7. The number of allylic oxidation sites excluding steroid dienone is 3. The molecule has 15 rings (SSSR count). The molecule has 0 saturated carbocycles. The molecule has 3 fully saturated rings. The molecule has 0 atom stereocenters. The highest BCUT2D eigenvalue weighted by Gasteiger charge is 2.32. The van der Waals surface area contributed by atoms with E-state index in [4.69, 9.17) is 59.6 Å². The van der Waals surface area contributed by atoms with E-state index in [-0.39, 0.29) is 39.6 Å². The Balaban J connectivity index is 0.000000137. The van der Waals surface area contributed by atoms with Crippen LogP contribution in [-0.4, -0.2) is 226 Å². The van der Waals surface area contributed by atoms with Crippen molar-refractivity contribution in [2.75, 3.05) is 118 Å². The van der Waals surface area contributed by atoms with Gasteiger partial charge in [-0.15, -0.1) is 15.3 Å². The van der Waals surface area contributed by atoms with Crippen LogP contribution in [0.5, 0.6) is 17.6 Å². The normalized spacial score (nSPS) is 17.8. The van der Waals surface area contributed by atoms with Crippen molar-refractivity contribution in [3.63, 3.8) is 0 Å². The van der Waals surface area contributed by atoms with E-state index in [9.17, 15) is 15.3 Å². The molecular formula is C75H90N18O9. The van der Waals surface area contributed by atoms with E-state index >= 15 is 0 Å². The lowest BCUT2D eigenvalue weighted by Crippen LogP contribution is -2.32. The molecule has 12 heterocycles. The number of aryl methyl sites for hydroxylation is 2. The number of pyridine rings is 3. The number of aromatic nitrogens is 9. The van der Waals surface area contributed by atoms with Crippen molar-refractivity contribution in [1.82, 2.24) is 58.1 Å². The van der Waals surface area contributed by atoms with E-state index < -0.39 is 0 Å². The number of ether oxygens (including phenoxy) is 6. The summed E-state index contributed by atoms with van der Waals surface area (Å²) < 4.78 is 42.8. The first-order chi connectivity index (χ1) is 50.0. The second kappa shape index (κ2) is 33.0. The lowest BCUT2D eigenvalue weighted by molar-refractivity contribution is 0.169. The summed E-state index contributed by atoms with van der Waals surface area (Å²) in [5.74, 6) is 3.04. The van der Waals surface area contributed by atoms with Crippen molar-refractivity contribution in [2.24, 2.45) is 22.0 Å². The largest absolute Gasteiger partial charge is 0.490 e. The molecule has 9 aromatic rings. The van der Waals surface area contributed by atoms with Crippen molar-refractivity contribution < 1.29 is 43.7 Å². The van der Waals surface area contributed by atoms with Gasteiger partial charge in [0.2, 0.25) is 0 Å². The highest BCUT2D eigenvalue weighted by atomic mass is 16.5. The van der Waals surface area contributed by atoms with Gasteiger partial charge in [0.25, 0.3) is 17.6 Å². The average Bonchev–Trinajstić information content (AvgIpc) is 1.61. The van der Waals surface area contributed by atoms with Gasteiger partial charge >= 0.3 is 0 Å². The number of hydrogen-bond acceptors (Lipinski definition) is 21. The molecule has 0 bridgehead atoms. The third-order valence-corrected chi connectivity index (χ3v) is 18.9. The van der Waals surface area contributed by atoms with E-state index in [1.54, 1.807) is 19.6 Å². The van der Waals surface area contributed by atoms with Gasteiger partial charge in [0.15, 0.2) is 17.1 Å². The van der Waals surface area contributed by atoms with Gasteiger partial charge in [0, 0.05) is 98.3 Å². The molecule has 27 nitrogen and oxygen atoms in total. The molecule has 3 aliphatic heterocycles. The zero-order chi connectivity index (χ0) is 70.5. The van der Waals surface area contributed by atoms with E-state index in [0.29, 0.717) is 106 Å². The molecule has 0 radical (unpaired) electrons. The maximum atomic E-state index is 9.25. The zero-order valence-corrected chi connectivity index (χ0v) is 58.2.